The van der Waals surface area contributed by atoms with Crippen LogP contribution in [0.15, 0.2) is 24.3 Å². The molecular formula is C27H47ClO. The molecule has 2 heteroatoms. The van der Waals surface area contributed by atoms with E-state index in [0.29, 0.717) is 5.88 Å². The molecule has 0 bridgehead atoms. The second kappa shape index (κ2) is 16.1. The number of hydrogen-bond donors (Lipinski definition) is 0. The third-order valence-corrected chi connectivity index (χ3v) is 6.53. The zero-order chi connectivity index (χ0) is 21.5. The average molecular weight is 423 g/mol. The van der Waals surface area contributed by atoms with Crippen molar-refractivity contribution in [2.24, 2.45) is 23.7 Å². The van der Waals surface area contributed by atoms with Gasteiger partial charge in [0.2, 0.25) is 0 Å². The molecule has 0 aliphatic rings. The smallest absolute Gasteiger partial charge is 0.119 e. The van der Waals surface area contributed by atoms with E-state index in [2.05, 4.69) is 34.6 Å². The summed E-state index contributed by atoms with van der Waals surface area (Å²) < 4.78 is 5.88. The van der Waals surface area contributed by atoms with Crippen LogP contribution in [0.2, 0.25) is 0 Å². The van der Waals surface area contributed by atoms with Crippen LogP contribution in [0, 0.1) is 23.7 Å². The van der Waals surface area contributed by atoms with E-state index in [0.717, 1.165) is 48.0 Å². The van der Waals surface area contributed by atoms with Crippen LogP contribution in [0.3, 0.4) is 0 Å². The van der Waals surface area contributed by atoms with E-state index in [1.807, 2.05) is 24.3 Å². The molecule has 29 heavy (non-hydrogen) atoms. The molecule has 3 atom stereocenters. The number of halogens is 1. The highest BCUT2D eigenvalue weighted by Gasteiger charge is 2.08. The largest absolute Gasteiger partial charge is 0.494 e. The first-order valence-electron chi connectivity index (χ1n) is 12.2. The van der Waals surface area contributed by atoms with Gasteiger partial charge in [0.15, 0.2) is 0 Å². The van der Waals surface area contributed by atoms with Crippen molar-refractivity contribution in [3.63, 3.8) is 0 Å². The van der Waals surface area contributed by atoms with Crippen LogP contribution in [0.25, 0.3) is 0 Å². The van der Waals surface area contributed by atoms with Crippen molar-refractivity contribution < 1.29 is 4.74 Å². The molecule has 0 fully saturated rings. The molecule has 0 heterocycles. The van der Waals surface area contributed by atoms with Crippen LogP contribution in [-0.2, 0) is 5.88 Å². The number of rotatable bonds is 17. The van der Waals surface area contributed by atoms with Crippen LogP contribution in [0.4, 0.5) is 0 Å². The van der Waals surface area contributed by atoms with Crippen molar-refractivity contribution in [2.75, 3.05) is 6.61 Å². The van der Waals surface area contributed by atoms with Gasteiger partial charge in [0.1, 0.15) is 5.75 Å². The molecule has 0 amide bonds. The first kappa shape index (κ1) is 26.3. The molecule has 1 aromatic rings. The van der Waals surface area contributed by atoms with Crippen molar-refractivity contribution in [3.05, 3.63) is 29.8 Å². The van der Waals surface area contributed by atoms with Crippen molar-refractivity contribution in [2.45, 2.75) is 105 Å². The van der Waals surface area contributed by atoms with E-state index >= 15 is 0 Å². The van der Waals surface area contributed by atoms with E-state index in [-0.39, 0.29) is 0 Å². The lowest BCUT2D eigenvalue weighted by molar-refractivity contribution is 0.274. The molecule has 0 N–H and O–H groups in total. The summed E-state index contributed by atoms with van der Waals surface area (Å²) in [4.78, 5) is 0. The minimum atomic E-state index is 0.563. The van der Waals surface area contributed by atoms with Gasteiger partial charge in [-0.15, -0.1) is 11.6 Å². The molecule has 168 valence electrons. The van der Waals surface area contributed by atoms with Gasteiger partial charge in [0.25, 0.3) is 0 Å². The first-order chi connectivity index (χ1) is 13.9. The maximum atomic E-state index is 5.88. The number of benzene rings is 1. The standard InChI is InChI=1S/C27H47ClO/c1-22(2)9-6-10-23(3)11-7-12-24(4)13-8-14-25(5)19-20-29-27-17-15-26(21-28)16-18-27/h15-18,22-25H,6-14,19-21H2,1-5H3. The second-order valence-corrected chi connectivity index (χ2v) is 10.2. The summed E-state index contributed by atoms with van der Waals surface area (Å²) in [7, 11) is 0. The highest BCUT2D eigenvalue weighted by Crippen LogP contribution is 2.23. The monoisotopic (exact) mass is 422 g/mol. The zero-order valence-corrected chi connectivity index (χ0v) is 20.6. The van der Waals surface area contributed by atoms with Crippen molar-refractivity contribution >= 4 is 11.6 Å². The third kappa shape index (κ3) is 14.0. The van der Waals surface area contributed by atoms with Crippen molar-refractivity contribution in [1.29, 1.82) is 0 Å². The number of ether oxygens (including phenoxy) is 1. The third-order valence-electron chi connectivity index (χ3n) is 6.22. The highest BCUT2D eigenvalue weighted by molar-refractivity contribution is 6.17. The summed E-state index contributed by atoms with van der Waals surface area (Å²) in [6, 6.07) is 8.13. The Morgan fingerprint density at radius 2 is 1.10 bits per heavy atom. The minimum Gasteiger partial charge on any atom is -0.494 e. The second-order valence-electron chi connectivity index (χ2n) is 9.92. The van der Waals surface area contributed by atoms with Crippen molar-refractivity contribution in [1.82, 2.24) is 0 Å². The zero-order valence-electron chi connectivity index (χ0n) is 19.9. The molecule has 0 saturated carbocycles. The Morgan fingerprint density at radius 3 is 1.55 bits per heavy atom. The van der Waals surface area contributed by atoms with Gasteiger partial charge in [0.05, 0.1) is 6.61 Å². The van der Waals surface area contributed by atoms with Crippen LogP contribution < -0.4 is 4.74 Å². The molecule has 0 spiro atoms. The lowest BCUT2D eigenvalue weighted by Crippen LogP contribution is -2.05. The summed E-state index contributed by atoms with van der Waals surface area (Å²) in [5.41, 5.74) is 1.14. The fourth-order valence-electron chi connectivity index (χ4n) is 3.99. The van der Waals surface area contributed by atoms with E-state index < -0.39 is 0 Å². The molecule has 3 unspecified atom stereocenters. The summed E-state index contributed by atoms with van der Waals surface area (Å²) in [5.74, 6) is 4.91. The lowest BCUT2D eigenvalue weighted by Gasteiger charge is -2.16. The molecule has 0 aromatic heterocycles. The van der Waals surface area contributed by atoms with Gasteiger partial charge in [-0.05, 0) is 47.8 Å². The quantitative estimate of drug-likeness (QED) is 0.227. The Hall–Kier alpha value is -0.690. The SMILES string of the molecule is CC(C)CCCC(C)CCCC(C)CCCC(C)CCOc1ccc(CCl)cc1. The molecule has 1 aromatic carbocycles. The Labute approximate surface area is 187 Å². The van der Waals surface area contributed by atoms with Crippen LogP contribution >= 0.6 is 11.6 Å². The predicted octanol–water partition coefficient (Wildman–Crippen LogP) is 9.27. The normalized spacial score (nSPS) is 14.7. The number of alkyl halides is 1. The van der Waals surface area contributed by atoms with Crippen LogP contribution in [0.5, 0.6) is 5.75 Å². The van der Waals surface area contributed by atoms with Gasteiger partial charge >= 0.3 is 0 Å². The highest BCUT2D eigenvalue weighted by atomic mass is 35.5. The van der Waals surface area contributed by atoms with Gasteiger partial charge < -0.3 is 4.74 Å². The summed E-state index contributed by atoms with van der Waals surface area (Å²) in [6.45, 7) is 12.7. The average Bonchev–Trinajstić information content (AvgIpc) is 2.68. The predicted molar refractivity (Wildman–Crippen MR) is 130 cm³/mol. The van der Waals surface area contributed by atoms with E-state index in [9.17, 15) is 0 Å². The minimum absolute atomic E-state index is 0.563. The van der Waals surface area contributed by atoms with E-state index in [1.54, 1.807) is 0 Å². The summed E-state index contributed by atoms with van der Waals surface area (Å²) in [6.07, 6.45) is 13.7. The van der Waals surface area contributed by atoms with Gasteiger partial charge in [-0.25, -0.2) is 0 Å². The maximum Gasteiger partial charge on any atom is 0.119 e. The Bertz CT molecular complexity index is 496. The molecular weight excluding hydrogens is 376 g/mol. The van der Waals surface area contributed by atoms with Gasteiger partial charge in [0, 0.05) is 5.88 Å². The fourth-order valence-corrected chi connectivity index (χ4v) is 4.17. The number of hydrogen-bond acceptors (Lipinski definition) is 1. The molecule has 0 aliphatic carbocycles. The first-order valence-corrected chi connectivity index (χ1v) is 12.7. The Balaban J connectivity index is 2.01. The van der Waals surface area contributed by atoms with Gasteiger partial charge in [-0.2, -0.15) is 0 Å². The van der Waals surface area contributed by atoms with Crippen LogP contribution in [-0.4, -0.2) is 6.61 Å². The molecule has 1 nitrogen and oxygen atoms in total. The van der Waals surface area contributed by atoms with Gasteiger partial charge in [-0.1, -0.05) is 105 Å². The topological polar surface area (TPSA) is 9.23 Å². The van der Waals surface area contributed by atoms with Crippen molar-refractivity contribution in [3.8, 4) is 5.75 Å². The Morgan fingerprint density at radius 1 is 0.655 bits per heavy atom. The van der Waals surface area contributed by atoms with E-state index in [4.69, 9.17) is 16.3 Å². The molecule has 0 saturated heterocycles. The fraction of sp³-hybridized carbons (Fsp3) is 0.778. The van der Waals surface area contributed by atoms with E-state index in [1.165, 1.54) is 57.8 Å². The maximum absolute atomic E-state index is 5.88. The molecule has 0 radical (unpaired) electrons. The summed E-state index contributed by atoms with van der Waals surface area (Å²) >= 11 is 5.82. The lowest BCUT2D eigenvalue weighted by atomic mass is 9.91. The van der Waals surface area contributed by atoms with Gasteiger partial charge in [-0.3, -0.25) is 0 Å². The Kier molecular flexibility index (Phi) is 14.6. The van der Waals surface area contributed by atoms with Crippen LogP contribution in [0.1, 0.15) is 104 Å². The molecule has 0 aliphatic heterocycles. The molecule has 1 rings (SSSR count). The summed E-state index contributed by atoms with van der Waals surface area (Å²) in [5, 5.41) is 0.